The Bertz CT molecular complexity index is 686. The summed E-state index contributed by atoms with van der Waals surface area (Å²) in [4.78, 5) is 15.7. The summed E-state index contributed by atoms with van der Waals surface area (Å²) in [5, 5.41) is 20.2. The number of allylic oxidation sites excluding steroid dienone is 5. The highest BCUT2D eigenvalue weighted by Gasteiger charge is 2.15. The van der Waals surface area contributed by atoms with E-state index in [1.807, 2.05) is 51.1 Å². The van der Waals surface area contributed by atoms with Gasteiger partial charge in [-0.05, 0) is 83.1 Å². The second-order valence-electron chi connectivity index (χ2n) is 7.40. The van der Waals surface area contributed by atoms with Gasteiger partial charge in [0.1, 0.15) is 0 Å². The van der Waals surface area contributed by atoms with Crippen LogP contribution in [0.2, 0.25) is 0 Å². The number of Topliss-reactive ketones (excluding diaryl/α,β-unsaturated/α-hetero) is 1. The molecule has 5 nitrogen and oxygen atoms in total. The number of carbonyl (C=O) groups excluding carboxylic acids is 1. The fraction of sp³-hybridized carbons (Fsp3) is 0.440. The van der Waals surface area contributed by atoms with Crippen molar-refractivity contribution in [2.24, 2.45) is 5.92 Å². The molecule has 0 aromatic carbocycles. The van der Waals surface area contributed by atoms with Gasteiger partial charge < -0.3 is 5.11 Å². The fourth-order valence-corrected chi connectivity index (χ4v) is 2.23. The summed E-state index contributed by atoms with van der Waals surface area (Å²) in [5.74, 6) is 0.353. The van der Waals surface area contributed by atoms with E-state index in [1.165, 1.54) is 0 Å². The molecule has 1 aliphatic rings. The Labute approximate surface area is 182 Å². The van der Waals surface area contributed by atoms with Crippen molar-refractivity contribution in [3.63, 3.8) is 0 Å². The first kappa shape index (κ1) is 29.9. The highest BCUT2D eigenvalue weighted by molar-refractivity contribution is 5.98. The first-order chi connectivity index (χ1) is 14.1. The third-order valence-corrected chi connectivity index (χ3v) is 4.09. The molecule has 0 amide bonds. The van der Waals surface area contributed by atoms with Gasteiger partial charge in [-0.1, -0.05) is 37.8 Å². The van der Waals surface area contributed by atoms with Crippen LogP contribution in [-0.2, 0) is 4.79 Å². The zero-order chi connectivity index (χ0) is 23.7. The van der Waals surface area contributed by atoms with Gasteiger partial charge in [0.25, 0.3) is 0 Å². The molecule has 1 aromatic heterocycles. The molecule has 0 radical (unpaired) electrons. The molecule has 1 aromatic rings. The van der Waals surface area contributed by atoms with Gasteiger partial charge in [0.15, 0.2) is 5.78 Å². The summed E-state index contributed by atoms with van der Waals surface area (Å²) >= 11 is 0. The van der Waals surface area contributed by atoms with Crippen LogP contribution in [0.25, 0.3) is 0 Å². The molecule has 1 fully saturated rings. The lowest BCUT2D eigenvalue weighted by molar-refractivity contribution is -0.176. The highest BCUT2D eigenvalue weighted by atomic mass is 17.0. The van der Waals surface area contributed by atoms with E-state index in [1.54, 1.807) is 6.92 Å². The van der Waals surface area contributed by atoms with Crippen LogP contribution in [0.4, 0.5) is 0 Å². The Hall–Kier alpha value is -2.34. The van der Waals surface area contributed by atoms with Crippen molar-refractivity contribution in [1.29, 1.82) is 0 Å². The molecule has 0 saturated heterocycles. The van der Waals surface area contributed by atoms with Gasteiger partial charge in [0.2, 0.25) is 0 Å². The van der Waals surface area contributed by atoms with Gasteiger partial charge >= 0.3 is 0 Å². The number of rotatable bonds is 7. The number of aliphatic hydroxyl groups excluding tert-OH is 1. The van der Waals surface area contributed by atoms with Crippen molar-refractivity contribution in [3.8, 4) is 0 Å². The Morgan fingerprint density at radius 1 is 1.20 bits per heavy atom. The lowest BCUT2D eigenvalue weighted by atomic mass is 9.89. The van der Waals surface area contributed by atoms with Gasteiger partial charge in [-0.25, -0.2) is 0 Å². The summed E-state index contributed by atoms with van der Waals surface area (Å²) in [7, 11) is 0. The quantitative estimate of drug-likeness (QED) is 0.164. The van der Waals surface area contributed by atoms with Crippen LogP contribution in [0.15, 0.2) is 66.8 Å². The first-order valence-corrected chi connectivity index (χ1v) is 10.0. The van der Waals surface area contributed by atoms with E-state index in [0.717, 1.165) is 48.2 Å². The molecule has 1 unspecified atom stereocenters. The molecular weight excluding hydrogens is 378 g/mol. The van der Waals surface area contributed by atoms with Crippen molar-refractivity contribution in [2.45, 2.75) is 66.4 Å². The smallest absolute Gasteiger partial charge is 0.160 e. The van der Waals surface area contributed by atoms with E-state index < -0.39 is 0 Å². The normalized spacial score (nSPS) is 13.1. The average Bonchev–Trinajstić information content (AvgIpc) is 3.47. The number of aryl methyl sites for hydroxylation is 2. The predicted octanol–water partition coefficient (Wildman–Crippen LogP) is 6.09. The molecule has 168 valence electrons. The van der Waals surface area contributed by atoms with Crippen molar-refractivity contribution in [2.75, 3.05) is 0 Å². The number of hydrogen-bond donors (Lipinski definition) is 3. The molecule has 1 aliphatic carbocycles. The van der Waals surface area contributed by atoms with Crippen molar-refractivity contribution >= 4 is 5.78 Å². The summed E-state index contributed by atoms with van der Waals surface area (Å²) in [6.45, 7) is 21.0. The topological polar surface area (TPSA) is 90.7 Å². The van der Waals surface area contributed by atoms with E-state index in [0.29, 0.717) is 11.5 Å². The van der Waals surface area contributed by atoms with E-state index in [9.17, 15) is 4.79 Å². The maximum atomic E-state index is 11.5. The molecule has 1 saturated carbocycles. The summed E-state index contributed by atoms with van der Waals surface area (Å²) in [6.07, 6.45) is 7.79. The van der Waals surface area contributed by atoms with Crippen LogP contribution in [0.1, 0.15) is 57.8 Å². The van der Waals surface area contributed by atoms with Gasteiger partial charge in [-0.15, -0.1) is 6.58 Å². The lowest BCUT2D eigenvalue weighted by Crippen LogP contribution is -2.07. The van der Waals surface area contributed by atoms with Gasteiger partial charge in [-0.3, -0.25) is 20.3 Å². The fourth-order valence-electron chi connectivity index (χ4n) is 2.23. The lowest BCUT2D eigenvalue weighted by Gasteiger charge is -2.15. The Balaban J connectivity index is 0. The number of ketones is 1. The molecule has 0 aliphatic heterocycles. The van der Waals surface area contributed by atoms with Crippen molar-refractivity contribution in [3.05, 3.63) is 78.2 Å². The Morgan fingerprint density at radius 2 is 1.67 bits per heavy atom. The standard InChI is InChI=1S/C15H22O.C7H9N.C3H6O.H2O2/c1-7-8-9-12(4)13(5)15(14(6)16)10-11(2)3;1-6-4-3-5-7(2)8-6;4-3-1-2-3;1-2/h7,10,12H,1-2,5,8-9H2,3-4,6H3;3-5H,1-2H3;3-4H,1-2H2;1-2H/b15-10+;;;. The zero-order valence-electron chi connectivity index (χ0n) is 19.2. The van der Waals surface area contributed by atoms with Gasteiger partial charge in [0.05, 0.1) is 6.10 Å². The minimum absolute atomic E-state index is 0.0541. The Kier molecular flexibility index (Phi) is 17.4. The molecular formula is C25H39NO4. The van der Waals surface area contributed by atoms with Crippen molar-refractivity contribution in [1.82, 2.24) is 4.98 Å². The number of nitrogens with zero attached hydrogens (tertiary/aromatic N) is 1. The second kappa shape index (κ2) is 17.5. The monoisotopic (exact) mass is 417 g/mol. The first-order valence-electron chi connectivity index (χ1n) is 10.0. The summed E-state index contributed by atoms with van der Waals surface area (Å²) in [6, 6.07) is 6.00. The highest BCUT2D eigenvalue weighted by Crippen LogP contribution is 2.24. The van der Waals surface area contributed by atoms with Crippen LogP contribution < -0.4 is 0 Å². The minimum atomic E-state index is 0.0541. The molecule has 0 spiro atoms. The van der Waals surface area contributed by atoms with Crippen LogP contribution >= 0.6 is 0 Å². The number of pyridine rings is 1. The van der Waals surface area contributed by atoms with E-state index >= 15 is 0 Å². The molecule has 0 bridgehead atoms. The van der Waals surface area contributed by atoms with Crippen molar-refractivity contribution < 1.29 is 20.4 Å². The zero-order valence-corrected chi connectivity index (χ0v) is 19.2. The molecule has 3 N–H and O–H groups in total. The molecule has 1 atom stereocenters. The third-order valence-electron chi connectivity index (χ3n) is 4.09. The van der Waals surface area contributed by atoms with E-state index in [-0.39, 0.29) is 11.9 Å². The van der Waals surface area contributed by atoms with E-state index in [2.05, 4.69) is 31.6 Å². The van der Waals surface area contributed by atoms with Crippen LogP contribution in [0, 0.1) is 19.8 Å². The van der Waals surface area contributed by atoms with E-state index in [4.69, 9.17) is 15.6 Å². The molecule has 30 heavy (non-hydrogen) atoms. The predicted molar refractivity (Wildman–Crippen MR) is 126 cm³/mol. The summed E-state index contributed by atoms with van der Waals surface area (Å²) in [5.41, 5.74) is 4.65. The number of carbonyl (C=O) groups is 1. The summed E-state index contributed by atoms with van der Waals surface area (Å²) < 4.78 is 0. The molecule has 1 heterocycles. The largest absolute Gasteiger partial charge is 0.393 e. The van der Waals surface area contributed by atoms with Gasteiger partial charge in [0, 0.05) is 17.0 Å². The second-order valence-corrected chi connectivity index (χ2v) is 7.40. The van der Waals surface area contributed by atoms with Crippen LogP contribution in [0.5, 0.6) is 0 Å². The number of hydrogen-bond acceptors (Lipinski definition) is 5. The molecule has 2 rings (SSSR count). The Morgan fingerprint density at radius 3 is 1.93 bits per heavy atom. The minimum Gasteiger partial charge on any atom is -0.393 e. The average molecular weight is 418 g/mol. The molecule has 5 heteroatoms. The van der Waals surface area contributed by atoms with Crippen LogP contribution in [-0.4, -0.2) is 32.5 Å². The number of aromatic nitrogens is 1. The maximum absolute atomic E-state index is 11.5. The third kappa shape index (κ3) is 16.6. The SMILES string of the molecule is C=CCCC(C)C(=C)/C(=C\C(=C)C)C(C)=O.Cc1cccc(C)n1.OC1CC1.OO. The van der Waals surface area contributed by atoms with Gasteiger partial charge in [-0.2, -0.15) is 0 Å². The number of aliphatic hydroxyl groups is 1. The maximum Gasteiger partial charge on any atom is 0.160 e. The van der Waals surface area contributed by atoms with Crippen LogP contribution in [0.3, 0.4) is 0 Å².